The zero-order valence-electron chi connectivity index (χ0n) is 16.4. The first kappa shape index (κ1) is 18.3. The molecule has 0 saturated heterocycles. The fourth-order valence-electron chi connectivity index (χ4n) is 4.27. The SMILES string of the molecule is COc1ccc2c(c1)[nH]c1c(=O)n(N=CC3C(C)C=C(C)CC3C)c(=O)[nH]c12. The van der Waals surface area contributed by atoms with Crippen molar-refractivity contribution in [3.8, 4) is 5.75 Å². The van der Waals surface area contributed by atoms with Crippen LogP contribution in [-0.4, -0.2) is 28.0 Å². The summed E-state index contributed by atoms with van der Waals surface area (Å²) in [5, 5.41) is 5.03. The molecule has 1 aliphatic rings. The van der Waals surface area contributed by atoms with Gasteiger partial charge in [-0.15, -0.1) is 4.68 Å². The molecule has 146 valence electrons. The van der Waals surface area contributed by atoms with E-state index >= 15 is 0 Å². The largest absolute Gasteiger partial charge is 0.497 e. The van der Waals surface area contributed by atoms with Crippen LogP contribution in [0.5, 0.6) is 5.75 Å². The first-order chi connectivity index (χ1) is 13.4. The van der Waals surface area contributed by atoms with E-state index in [9.17, 15) is 9.59 Å². The molecule has 1 aromatic carbocycles. The average Bonchev–Trinajstić information content (AvgIpc) is 3.01. The van der Waals surface area contributed by atoms with Crippen molar-refractivity contribution < 1.29 is 4.74 Å². The van der Waals surface area contributed by atoms with E-state index in [1.807, 2.05) is 6.07 Å². The predicted octanol–water partition coefficient (Wildman–Crippen LogP) is 3.25. The summed E-state index contributed by atoms with van der Waals surface area (Å²) in [5.41, 5.74) is 1.88. The summed E-state index contributed by atoms with van der Waals surface area (Å²) in [6.07, 6.45) is 4.97. The van der Waals surface area contributed by atoms with Crippen molar-refractivity contribution in [2.45, 2.75) is 27.2 Å². The number of fused-ring (bicyclic) bond motifs is 3. The molecule has 0 aliphatic heterocycles. The second-order valence-electron chi connectivity index (χ2n) is 7.73. The maximum atomic E-state index is 12.9. The minimum absolute atomic E-state index is 0.178. The first-order valence-electron chi connectivity index (χ1n) is 9.45. The summed E-state index contributed by atoms with van der Waals surface area (Å²) >= 11 is 0. The highest BCUT2D eigenvalue weighted by atomic mass is 16.5. The van der Waals surface area contributed by atoms with Crippen LogP contribution in [0.4, 0.5) is 0 Å². The Balaban J connectivity index is 1.81. The third kappa shape index (κ3) is 2.96. The van der Waals surface area contributed by atoms with Gasteiger partial charge >= 0.3 is 11.2 Å². The number of aromatic nitrogens is 3. The molecular weight excluding hydrogens is 356 g/mol. The number of H-pyrrole nitrogens is 2. The zero-order chi connectivity index (χ0) is 20.0. The van der Waals surface area contributed by atoms with E-state index in [0.717, 1.165) is 22.0 Å². The number of benzene rings is 1. The highest BCUT2D eigenvalue weighted by Crippen LogP contribution is 2.32. The van der Waals surface area contributed by atoms with E-state index in [4.69, 9.17) is 4.74 Å². The smallest absolute Gasteiger partial charge is 0.350 e. The van der Waals surface area contributed by atoms with Gasteiger partial charge in [0.2, 0.25) is 0 Å². The minimum Gasteiger partial charge on any atom is -0.497 e. The summed E-state index contributed by atoms with van der Waals surface area (Å²) in [6, 6.07) is 5.40. The Morgan fingerprint density at radius 3 is 2.71 bits per heavy atom. The number of methoxy groups -OCH3 is 1. The number of allylic oxidation sites excluding steroid dienone is 2. The molecule has 3 unspecified atom stereocenters. The van der Waals surface area contributed by atoms with Gasteiger partial charge in [0, 0.05) is 23.6 Å². The van der Waals surface area contributed by atoms with Crippen LogP contribution < -0.4 is 16.0 Å². The highest BCUT2D eigenvalue weighted by Gasteiger charge is 2.25. The number of hydrogen-bond donors (Lipinski definition) is 2. The zero-order valence-corrected chi connectivity index (χ0v) is 16.4. The normalized spacial score (nSPS) is 22.9. The van der Waals surface area contributed by atoms with Crippen LogP contribution in [0.25, 0.3) is 21.9 Å². The molecule has 0 radical (unpaired) electrons. The molecule has 0 fully saturated rings. The first-order valence-corrected chi connectivity index (χ1v) is 9.45. The summed E-state index contributed by atoms with van der Waals surface area (Å²) in [6.45, 7) is 6.44. The molecule has 0 spiro atoms. The molecule has 0 amide bonds. The Morgan fingerprint density at radius 1 is 1.21 bits per heavy atom. The average molecular weight is 380 g/mol. The van der Waals surface area contributed by atoms with E-state index in [2.05, 4.69) is 41.9 Å². The topological polar surface area (TPSA) is 92.2 Å². The molecule has 2 aromatic heterocycles. The van der Waals surface area contributed by atoms with E-state index in [1.54, 1.807) is 25.5 Å². The van der Waals surface area contributed by atoms with Crippen molar-refractivity contribution in [1.29, 1.82) is 0 Å². The number of rotatable bonds is 3. The number of aromatic amines is 2. The Morgan fingerprint density at radius 2 is 2.00 bits per heavy atom. The second kappa shape index (κ2) is 6.82. The Hall–Kier alpha value is -3.09. The van der Waals surface area contributed by atoms with Crippen LogP contribution in [0.1, 0.15) is 27.2 Å². The Labute approximate surface area is 161 Å². The van der Waals surface area contributed by atoms with Gasteiger partial charge in [-0.3, -0.25) is 4.79 Å². The third-order valence-corrected chi connectivity index (χ3v) is 5.65. The predicted molar refractivity (Wildman–Crippen MR) is 111 cm³/mol. The van der Waals surface area contributed by atoms with Gasteiger partial charge in [0.05, 0.1) is 18.1 Å². The van der Waals surface area contributed by atoms with Crippen LogP contribution in [-0.2, 0) is 0 Å². The number of hydrogen-bond acceptors (Lipinski definition) is 4. The summed E-state index contributed by atoms with van der Waals surface area (Å²) in [5.74, 6) is 1.57. The van der Waals surface area contributed by atoms with Gasteiger partial charge in [0.25, 0.3) is 0 Å². The number of ether oxygens (including phenoxy) is 1. The molecule has 2 N–H and O–H groups in total. The minimum atomic E-state index is -0.548. The lowest BCUT2D eigenvalue weighted by molar-refractivity contribution is 0.361. The van der Waals surface area contributed by atoms with Crippen LogP contribution >= 0.6 is 0 Å². The van der Waals surface area contributed by atoms with E-state index in [1.165, 1.54) is 5.57 Å². The fraction of sp³-hybridized carbons (Fsp3) is 0.381. The van der Waals surface area contributed by atoms with Crippen molar-refractivity contribution in [2.24, 2.45) is 22.9 Å². The van der Waals surface area contributed by atoms with Crippen molar-refractivity contribution in [3.63, 3.8) is 0 Å². The van der Waals surface area contributed by atoms with Crippen molar-refractivity contribution in [1.82, 2.24) is 14.6 Å². The van der Waals surface area contributed by atoms with Gasteiger partial charge in [-0.1, -0.05) is 25.5 Å². The summed E-state index contributed by atoms with van der Waals surface area (Å²) < 4.78 is 6.13. The van der Waals surface area contributed by atoms with Crippen LogP contribution in [0.2, 0.25) is 0 Å². The monoisotopic (exact) mass is 380 g/mol. The molecular formula is C21H24N4O3. The Kier molecular flexibility index (Phi) is 4.45. The fourth-order valence-corrected chi connectivity index (χ4v) is 4.27. The van der Waals surface area contributed by atoms with E-state index in [0.29, 0.717) is 28.6 Å². The van der Waals surface area contributed by atoms with Gasteiger partial charge in [-0.05, 0) is 37.3 Å². The molecule has 2 heterocycles. The van der Waals surface area contributed by atoms with Crippen molar-refractivity contribution in [3.05, 3.63) is 50.7 Å². The molecule has 7 heteroatoms. The van der Waals surface area contributed by atoms with Gasteiger partial charge in [-0.2, -0.15) is 5.10 Å². The number of nitrogens with zero attached hydrogens (tertiary/aromatic N) is 2. The van der Waals surface area contributed by atoms with Gasteiger partial charge in [0.1, 0.15) is 11.3 Å². The molecule has 0 bridgehead atoms. The molecule has 28 heavy (non-hydrogen) atoms. The van der Waals surface area contributed by atoms with Crippen LogP contribution in [0.3, 0.4) is 0 Å². The maximum absolute atomic E-state index is 12.9. The molecule has 0 saturated carbocycles. The lowest BCUT2D eigenvalue weighted by Gasteiger charge is -2.29. The van der Waals surface area contributed by atoms with Gasteiger partial charge < -0.3 is 14.7 Å². The quantitative estimate of drug-likeness (QED) is 0.540. The maximum Gasteiger partial charge on any atom is 0.350 e. The van der Waals surface area contributed by atoms with Crippen molar-refractivity contribution >= 4 is 28.2 Å². The molecule has 1 aliphatic carbocycles. The number of nitrogens with one attached hydrogen (secondary N) is 2. The van der Waals surface area contributed by atoms with Crippen LogP contribution in [0, 0.1) is 17.8 Å². The highest BCUT2D eigenvalue weighted by molar-refractivity contribution is 6.04. The lowest BCUT2D eigenvalue weighted by Crippen LogP contribution is -2.33. The standard InChI is InChI=1S/C21H24N4O3/c1-11-7-12(2)16(13(3)8-11)10-22-25-20(26)19-18(24-21(25)27)15-6-5-14(28-4)9-17(15)23-19/h5-7,9-10,12-13,16,23H,8H2,1-4H3,(H,24,27). The van der Waals surface area contributed by atoms with Gasteiger partial charge in [-0.25, -0.2) is 4.79 Å². The van der Waals surface area contributed by atoms with E-state index in [-0.39, 0.29) is 5.92 Å². The second-order valence-corrected chi connectivity index (χ2v) is 7.73. The Bertz CT molecular complexity index is 1230. The lowest BCUT2D eigenvalue weighted by atomic mass is 9.76. The molecule has 3 aromatic rings. The summed E-state index contributed by atoms with van der Waals surface area (Å²) in [7, 11) is 1.58. The van der Waals surface area contributed by atoms with E-state index < -0.39 is 11.2 Å². The summed E-state index contributed by atoms with van der Waals surface area (Å²) in [4.78, 5) is 31.3. The molecule has 4 rings (SSSR count). The third-order valence-electron chi connectivity index (χ3n) is 5.65. The van der Waals surface area contributed by atoms with Gasteiger partial charge in [0.15, 0.2) is 0 Å². The molecule has 7 nitrogen and oxygen atoms in total. The van der Waals surface area contributed by atoms with Crippen LogP contribution in [0.15, 0.2) is 44.5 Å². The molecule has 3 atom stereocenters. The van der Waals surface area contributed by atoms with Crippen molar-refractivity contribution in [2.75, 3.05) is 7.11 Å².